The number of rotatable bonds is 4. The maximum Gasteiger partial charge on any atom is 0.238 e. The zero-order chi connectivity index (χ0) is 27.7. The van der Waals surface area contributed by atoms with E-state index < -0.39 is 28.8 Å². The van der Waals surface area contributed by atoms with Crippen LogP contribution in [0.2, 0.25) is 0 Å². The Labute approximate surface area is 228 Å². The summed E-state index contributed by atoms with van der Waals surface area (Å²) in [5, 5.41) is 3.08. The van der Waals surface area contributed by atoms with E-state index in [0.29, 0.717) is 17.0 Å². The normalized spacial score (nSPS) is 24.9. The molecule has 3 heterocycles. The number of carbonyl (C=O) groups is 3. The molecule has 1 saturated heterocycles. The summed E-state index contributed by atoms with van der Waals surface area (Å²) in [7, 11) is 1.55. The molecule has 0 saturated carbocycles. The number of carbonyl (C=O) groups excluding carboxylic acids is 3. The van der Waals surface area contributed by atoms with E-state index in [1.165, 1.54) is 0 Å². The Bertz CT molecular complexity index is 1570. The van der Waals surface area contributed by atoms with Crippen molar-refractivity contribution < 1.29 is 19.1 Å². The number of hydrogen-bond donors (Lipinski definition) is 1. The smallest absolute Gasteiger partial charge is 0.238 e. The Morgan fingerprint density at radius 2 is 1.69 bits per heavy atom. The largest absolute Gasteiger partial charge is 0.497 e. The van der Waals surface area contributed by atoms with Crippen LogP contribution in [0, 0.1) is 11.3 Å². The second-order valence-corrected chi connectivity index (χ2v) is 11.7. The van der Waals surface area contributed by atoms with Crippen LogP contribution >= 0.6 is 0 Å². The molecule has 0 unspecified atom stereocenters. The highest BCUT2D eigenvalue weighted by Gasteiger charge is 2.71. The van der Waals surface area contributed by atoms with Gasteiger partial charge in [-0.2, -0.15) is 0 Å². The Hall–Kier alpha value is -4.19. The van der Waals surface area contributed by atoms with Gasteiger partial charge in [0.15, 0.2) is 11.6 Å². The second-order valence-electron chi connectivity index (χ2n) is 11.7. The van der Waals surface area contributed by atoms with Crippen molar-refractivity contribution in [3.8, 4) is 5.75 Å². The predicted molar refractivity (Wildman–Crippen MR) is 152 cm³/mol. The molecule has 0 bridgehead atoms. The van der Waals surface area contributed by atoms with Gasteiger partial charge >= 0.3 is 0 Å². The number of ketones is 2. The van der Waals surface area contributed by atoms with Crippen LogP contribution in [0.4, 0.5) is 11.4 Å². The van der Waals surface area contributed by atoms with Crippen LogP contribution < -0.4 is 15.0 Å². The van der Waals surface area contributed by atoms with E-state index in [2.05, 4.69) is 16.3 Å². The molecule has 6 heteroatoms. The van der Waals surface area contributed by atoms with Gasteiger partial charge in [-0.3, -0.25) is 14.4 Å². The fourth-order valence-electron chi connectivity index (χ4n) is 6.79. The van der Waals surface area contributed by atoms with Gasteiger partial charge in [-0.25, -0.2) is 0 Å². The summed E-state index contributed by atoms with van der Waals surface area (Å²) in [4.78, 5) is 45.7. The maximum absolute atomic E-state index is 14.8. The van der Waals surface area contributed by atoms with Crippen molar-refractivity contribution in [1.29, 1.82) is 0 Å². The number of hydrogen-bond acceptors (Lipinski definition) is 5. The zero-order valence-corrected chi connectivity index (χ0v) is 22.8. The fourth-order valence-corrected chi connectivity index (χ4v) is 6.79. The molecule has 4 atom stereocenters. The van der Waals surface area contributed by atoms with E-state index in [-0.39, 0.29) is 17.5 Å². The number of ether oxygens (including phenoxy) is 1. The molecule has 1 amide bonds. The van der Waals surface area contributed by atoms with Crippen LogP contribution in [-0.4, -0.2) is 36.7 Å². The number of anilines is 2. The van der Waals surface area contributed by atoms with E-state index in [0.717, 1.165) is 22.4 Å². The molecular weight excluding hydrogens is 488 g/mol. The summed E-state index contributed by atoms with van der Waals surface area (Å²) < 4.78 is 5.43. The first kappa shape index (κ1) is 25.1. The van der Waals surface area contributed by atoms with Crippen molar-refractivity contribution in [2.24, 2.45) is 11.3 Å². The first-order chi connectivity index (χ1) is 18.6. The van der Waals surface area contributed by atoms with Crippen molar-refractivity contribution in [1.82, 2.24) is 0 Å². The van der Waals surface area contributed by atoms with Gasteiger partial charge in [-0.1, -0.05) is 75.4 Å². The monoisotopic (exact) mass is 520 g/mol. The fraction of sp³-hybridized carbons (Fsp3) is 0.303. The van der Waals surface area contributed by atoms with Gasteiger partial charge < -0.3 is 15.0 Å². The van der Waals surface area contributed by atoms with Crippen molar-refractivity contribution in [3.05, 3.63) is 95.6 Å². The van der Waals surface area contributed by atoms with E-state index >= 15 is 0 Å². The number of fused-ring (bicyclic) bond motifs is 6. The summed E-state index contributed by atoms with van der Waals surface area (Å²) in [6, 6.07) is 21.1. The number of benzene rings is 3. The minimum Gasteiger partial charge on any atom is -0.497 e. The molecule has 3 aromatic rings. The molecule has 6 rings (SSSR count). The van der Waals surface area contributed by atoms with Crippen molar-refractivity contribution in [3.63, 3.8) is 0 Å². The third-order valence-corrected chi connectivity index (χ3v) is 8.53. The van der Waals surface area contributed by atoms with Gasteiger partial charge in [0.05, 0.1) is 19.1 Å². The third-order valence-electron chi connectivity index (χ3n) is 8.53. The number of para-hydroxylation sites is 2. The number of allylic oxidation sites excluding steroid dienone is 1. The standard InChI is InChI=1S/C33H32N2O4/c1-19-17-26-33(23-14-7-8-15-24(23)34-31(33)38)27(29(36)20-11-10-12-21(18-20)39-5)28(30(37)32(2,3)4)35(26)25-16-9-6-13-22(19)25/h6-18,26-28H,1-5H3,(H,34,38)/t26-,27+,28-,33-/m1/s1. The minimum absolute atomic E-state index is 0.0782. The van der Waals surface area contributed by atoms with E-state index in [9.17, 15) is 14.4 Å². The number of amides is 1. The van der Waals surface area contributed by atoms with E-state index in [4.69, 9.17) is 4.74 Å². The van der Waals surface area contributed by atoms with Crippen LogP contribution in [-0.2, 0) is 15.0 Å². The highest BCUT2D eigenvalue weighted by atomic mass is 16.5. The summed E-state index contributed by atoms with van der Waals surface area (Å²) in [5.41, 5.74) is 2.65. The highest BCUT2D eigenvalue weighted by Crippen LogP contribution is 2.59. The van der Waals surface area contributed by atoms with Crippen molar-refractivity contribution in [2.75, 3.05) is 17.3 Å². The van der Waals surface area contributed by atoms with Crippen LogP contribution in [0.3, 0.4) is 0 Å². The number of methoxy groups -OCH3 is 1. The van der Waals surface area contributed by atoms with Gasteiger partial charge in [0.2, 0.25) is 5.91 Å². The van der Waals surface area contributed by atoms with Crippen molar-refractivity contribution >= 4 is 34.4 Å². The molecule has 3 aliphatic heterocycles. The lowest BCUT2D eigenvalue weighted by Crippen LogP contribution is -2.51. The Morgan fingerprint density at radius 1 is 0.974 bits per heavy atom. The summed E-state index contributed by atoms with van der Waals surface area (Å²) in [6.07, 6.45) is 2.08. The van der Waals surface area contributed by atoms with Crippen molar-refractivity contribution in [2.45, 2.75) is 45.2 Å². The predicted octanol–water partition coefficient (Wildman–Crippen LogP) is 5.67. The van der Waals surface area contributed by atoms with Crippen LogP contribution in [0.25, 0.3) is 5.57 Å². The second kappa shape index (κ2) is 8.67. The van der Waals surface area contributed by atoms with Gasteiger partial charge in [0.25, 0.3) is 0 Å². The lowest BCUT2D eigenvalue weighted by atomic mass is 9.63. The third kappa shape index (κ3) is 3.43. The lowest BCUT2D eigenvalue weighted by molar-refractivity contribution is -0.128. The molecule has 1 fully saturated rings. The zero-order valence-electron chi connectivity index (χ0n) is 22.8. The molecule has 1 spiro atoms. The first-order valence-electron chi connectivity index (χ1n) is 13.3. The number of Topliss-reactive ketones (excluding diaryl/α,β-unsaturated/α-hetero) is 2. The average molecular weight is 521 g/mol. The molecule has 0 radical (unpaired) electrons. The van der Waals surface area contributed by atoms with Crippen LogP contribution in [0.15, 0.2) is 78.9 Å². The molecule has 3 aliphatic rings. The van der Waals surface area contributed by atoms with E-state index in [1.54, 1.807) is 31.4 Å². The average Bonchev–Trinajstić information content (AvgIpc) is 3.40. The maximum atomic E-state index is 14.8. The Kier molecular flexibility index (Phi) is 5.58. The lowest BCUT2D eigenvalue weighted by Gasteiger charge is -2.39. The quantitative estimate of drug-likeness (QED) is 0.449. The van der Waals surface area contributed by atoms with Crippen LogP contribution in [0.1, 0.15) is 49.2 Å². The SMILES string of the molecule is COc1cccc(C(=O)[C@@H]2[C@H](C(=O)C(C)(C)C)N3c4ccccc4C(C)=C[C@@H]3[C@@]23C(=O)Nc2ccccc23)c1. The van der Waals surface area contributed by atoms with Gasteiger partial charge in [-0.15, -0.1) is 0 Å². The minimum atomic E-state index is -1.31. The Balaban J connectivity index is 1.70. The van der Waals surface area contributed by atoms with Crippen LogP contribution in [0.5, 0.6) is 5.75 Å². The van der Waals surface area contributed by atoms with Gasteiger partial charge in [0, 0.05) is 27.9 Å². The highest BCUT2D eigenvalue weighted by molar-refractivity contribution is 6.17. The van der Waals surface area contributed by atoms with Gasteiger partial charge in [-0.05, 0) is 42.3 Å². The topological polar surface area (TPSA) is 75.7 Å². The molecule has 6 nitrogen and oxygen atoms in total. The summed E-state index contributed by atoms with van der Waals surface area (Å²) >= 11 is 0. The van der Waals surface area contributed by atoms with E-state index in [1.807, 2.05) is 76.2 Å². The Morgan fingerprint density at radius 3 is 2.44 bits per heavy atom. The molecule has 0 aromatic heterocycles. The molecule has 198 valence electrons. The summed E-state index contributed by atoms with van der Waals surface area (Å²) in [6.45, 7) is 7.66. The summed E-state index contributed by atoms with van der Waals surface area (Å²) in [5.74, 6) is -1.01. The molecule has 3 aromatic carbocycles. The molecule has 0 aliphatic carbocycles. The van der Waals surface area contributed by atoms with Gasteiger partial charge in [0.1, 0.15) is 17.2 Å². The first-order valence-corrected chi connectivity index (χ1v) is 13.3. The number of nitrogens with one attached hydrogen (secondary N) is 1. The molecule has 39 heavy (non-hydrogen) atoms. The molecular formula is C33H32N2O4. The number of nitrogens with zero attached hydrogens (tertiary/aromatic N) is 1. The molecule has 1 N–H and O–H groups in total.